The minimum Gasteiger partial charge on any atom is -0.480 e. The van der Waals surface area contributed by atoms with Crippen molar-refractivity contribution >= 4 is 11.7 Å². The number of rotatable bonds is 4. The van der Waals surface area contributed by atoms with Gasteiger partial charge in [-0.2, -0.15) is 0 Å². The van der Waals surface area contributed by atoms with Gasteiger partial charge in [-0.25, -0.2) is 0 Å². The van der Waals surface area contributed by atoms with Crippen molar-refractivity contribution in [2.45, 2.75) is 105 Å². The van der Waals surface area contributed by atoms with Crippen LogP contribution in [-0.2, 0) is 9.53 Å². The van der Waals surface area contributed by atoms with Crippen molar-refractivity contribution < 1.29 is 14.6 Å². The van der Waals surface area contributed by atoms with Crippen molar-refractivity contribution in [1.82, 2.24) is 4.90 Å². The summed E-state index contributed by atoms with van der Waals surface area (Å²) in [4.78, 5) is 21.3. The fourth-order valence-electron chi connectivity index (χ4n) is 9.54. The number of aliphatic hydroxyl groups is 1. The summed E-state index contributed by atoms with van der Waals surface area (Å²) in [6.07, 6.45) is 8.59. The van der Waals surface area contributed by atoms with Crippen LogP contribution in [0.5, 0.6) is 0 Å². The Labute approximate surface area is 219 Å². The molecule has 5 nitrogen and oxygen atoms in total. The molecule has 0 unspecified atom stereocenters. The summed E-state index contributed by atoms with van der Waals surface area (Å²) in [5.41, 5.74) is 1.29. The van der Waals surface area contributed by atoms with E-state index >= 15 is 0 Å². The molecule has 0 radical (unpaired) electrons. The van der Waals surface area contributed by atoms with Gasteiger partial charge in [-0.3, -0.25) is 9.79 Å². The maximum Gasteiger partial charge on any atom is 0.186 e. The number of allylic oxidation sites excluding steroid dienone is 1. The minimum atomic E-state index is -0.351. The van der Waals surface area contributed by atoms with Gasteiger partial charge in [-0.05, 0) is 82.2 Å². The van der Waals surface area contributed by atoms with E-state index in [1.54, 1.807) is 0 Å². The van der Waals surface area contributed by atoms with Crippen molar-refractivity contribution in [2.75, 3.05) is 20.7 Å². The van der Waals surface area contributed by atoms with Crippen LogP contribution >= 0.6 is 0 Å². The van der Waals surface area contributed by atoms with Crippen LogP contribution in [0.15, 0.2) is 16.6 Å². The summed E-state index contributed by atoms with van der Waals surface area (Å²) < 4.78 is 6.33. The van der Waals surface area contributed by atoms with E-state index in [0.29, 0.717) is 30.0 Å². The van der Waals surface area contributed by atoms with Gasteiger partial charge < -0.3 is 14.7 Å². The maximum absolute atomic E-state index is 13.9. The highest BCUT2D eigenvalue weighted by atomic mass is 16.5. The molecular formula is C31H50N2O3. The van der Waals surface area contributed by atoms with Crippen molar-refractivity contribution in [3.8, 4) is 0 Å². The van der Waals surface area contributed by atoms with Gasteiger partial charge >= 0.3 is 0 Å². The van der Waals surface area contributed by atoms with Gasteiger partial charge in [-0.15, -0.1) is 0 Å². The molecule has 0 saturated heterocycles. The molecule has 4 aliphatic carbocycles. The number of aliphatic hydroxyl groups excluding tert-OH is 1. The SMILES string of the molecule is CC[C@H](C)C1=N[C@H]2CC=C3C[C@@H]4C(=O)C[C@]5(C)[C@@H]([C@H](C)N(C)C)[C@H](O)C[C@@]5(C)[C@@H]4CC[C@H]3[C@]2(C)CO1. The van der Waals surface area contributed by atoms with Gasteiger partial charge in [-0.1, -0.05) is 46.3 Å². The second kappa shape index (κ2) is 8.93. The smallest absolute Gasteiger partial charge is 0.186 e. The Morgan fingerprint density at radius 3 is 2.58 bits per heavy atom. The Morgan fingerprint density at radius 1 is 1.19 bits per heavy atom. The van der Waals surface area contributed by atoms with E-state index in [1.807, 2.05) is 0 Å². The van der Waals surface area contributed by atoms with Crippen molar-refractivity contribution in [2.24, 2.45) is 50.8 Å². The number of ether oxygens (including phenoxy) is 1. The number of hydrogen-bond donors (Lipinski definition) is 1. The average molecular weight is 499 g/mol. The van der Waals surface area contributed by atoms with E-state index in [1.165, 1.54) is 5.57 Å². The zero-order valence-corrected chi connectivity index (χ0v) is 24.0. The molecule has 36 heavy (non-hydrogen) atoms. The summed E-state index contributed by atoms with van der Waals surface area (Å²) in [5, 5.41) is 11.4. The summed E-state index contributed by atoms with van der Waals surface area (Å²) in [6.45, 7) is 14.5. The highest BCUT2D eigenvalue weighted by molar-refractivity contribution is 5.84. The molecule has 0 bridgehead atoms. The molecule has 0 aromatic carbocycles. The lowest BCUT2D eigenvalue weighted by Crippen LogP contribution is -2.55. The highest BCUT2D eigenvalue weighted by Gasteiger charge is 2.68. The van der Waals surface area contributed by atoms with Gasteiger partial charge in [0.2, 0.25) is 0 Å². The standard InChI is InChI=1S/C31H50N2O3/c1-9-18(2)28-32-26-13-10-20-14-21-23(12-11-22(20)29(26,4)17-36-28)30(5)16-25(35)27(19(3)33(7)8)31(30,6)15-24(21)34/h10,18-19,21-23,25-27,35H,9,11-17H2,1-8H3/t18-,19-,21-,22+,23+,25+,26-,27-,29-,30-,31+/m0/s1. The molecule has 1 heterocycles. The van der Waals surface area contributed by atoms with Crippen LogP contribution < -0.4 is 0 Å². The van der Waals surface area contributed by atoms with Crippen LogP contribution in [0.2, 0.25) is 0 Å². The lowest BCUT2D eigenvalue weighted by Gasteiger charge is -2.56. The Kier molecular flexibility index (Phi) is 6.55. The lowest BCUT2D eigenvalue weighted by atomic mass is 9.48. The molecule has 1 aliphatic heterocycles. The third kappa shape index (κ3) is 3.61. The molecule has 5 aliphatic rings. The second-order valence-electron chi connectivity index (χ2n) is 14.1. The first-order chi connectivity index (χ1) is 16.9. The molecule has 11 atom stereocenters. The molecule has 0 aromatic rings. The van der Waals surface area contributed by atoms with E-state index in [4.69, 9.17) is 9.73 Å². The second-order valence-corrected chi connectivity index (χ2v) is 14.1. The van der Waals surface area contributed by atoms with Gasteiger partial charge in [0.25, 0.3) is 0 Å². The minimum absolute atomic E-state index is 0.00104. The van der Waals surface area contributed by atoms with Gasteiger partial charge in [0.1, 0.15) is 5.78 Å². The molecule has 0 aromatic heterocycles. The van der Waals surface area contributed by atoms with Crippen molar-refractivity contribution in [1.29, 1.82) is 0 Å². The zero-order chi connectivity index (χ0) is 26.2. The molecule has 1 N–H and O–H groups in total. The Hall–Kier alpha value is -1.20. The molecule has 0 spiro atoms. The van der Waals surface area contributed by atoms with Crippen LogP contribution in [-0.4, -0.2) is 60.6 Å². The van der Waals surface area contributed by atoms with E-state index in [0.717, 1.165) is 51.0 Å². The summed E-state index contributed by atoms with van der Waals surface area (Å²) in [7, 11) is 4.20. The predicted octanol–water partition coefficient (Wildman–Crippen LogP) is 5.52. The summed E-state index contributed by atoms with van der Waals surface area (Å²) in [6, 6.07) is 0.517. The molecule has 3 fully saturated rings. The molecule has 202 valence electrons. The first kappa shape index (κ1) is 26.4. The topological polar surface area (TPSA) is 62.1 Å². The number of hydrogen-bond acceptors (Lipinski definition) is 5. The number of Topliss-reactive ketones (excluding diaryl/α,β-unsaturated/α-hetero) is 1. The average Bonchev–Trinajstić information content (AvgIpc) is 2.95. The molecule has 0 amide bonds. The predicted molar refractivity (Wildman–Crippen MR) is 145 cm³/mol. The van der Waals surface area contributed by atoms with E-state index in [-0.39, 0.29) is 46.3 Å². The Morgan fingerprint density at radius 2 is 1.92 bits per heavy atom. The van der Waals surface area contributed by atoms with E-state index in [9.17, 15) is 9.90 Å². The first-order valence-electron chi connectivity index (χ1n) is 14.6. The Balaban J connectivity index is 1.47. The van der Waals surface area contributed by atoms with Crippen LogP contribution in [0.4, 0.5) is 0 Å². The zero-order valence-electron chi connectivity index (χ0n) is 24.0. The number of aliphatic imine (C=N–C) groups is 1. The summed E-state index contributed by atoms with van der Waals surface area (Å²) in [5.74, 6) is 2.72. The van der Waals surface area contributed by atoms with Gasteiger partial charge in [0, 0.05) is 35.6 Å². The summed E-state index contributed by atoms with van der Waals surface area (Å²) >= 11 is 0. The number of ketones is 1. The maximum atomic E-state index is 13.9. The number of nitrogens with zero attached hydrogens (tertiary/aromatic N) is 2. The normalized spacial score (nSPS) is 47.9. The van der Waals surface area contributed by atoms with Gasteiger partial charge in [0.05, 0.1) is 18.8 Å². The van der Waals surface area contributed by atoms with Crippen LogP contribution in [0.3, 0.4) is 0 Å². The van der Waals surface area contributed by atoms with E-state index in [2.05, 4.69) is 66.6 Å². The first-order valence-corrected chi connectivity index (χ1v) is 14.6. The third-order valence-corrected chi connectivity index (χ3v) is 12.4. The molecule has 3 saturated carbocycles. The fraction of sp³-hybridized carbons (Fsp3) is 0.871. The number of fused-ring (bicyclic) bond motifs is 6. The highest BCUT2D eigenvalue weighted by Crippen LogP contribution is 2.69. The quantitative estimate of drug-likeness (QED) is 0.519. The number of carbonyl (C=O) groups excluding carboxylic acids is 1. The monoisotopic (exact) mass is 498 g/mol. The lowest BCUT2D eigenvalue weighted by molar-refractivity contribution is -0.147. The van der Waals surface area contributed by atoms with Crippen LogP contribution in [0.1, 0.15) is 86.5 Å². The molecule has 5 rings (SSSR count). The van der Waals surface area contributed by atoms with Crippen molar-refractivity contribution in [3.63, 3.8) is 0 Å². The molecular weight excluding hydrogens is 448 g/mol. The Bertz CT molecular complexity index is 957. The van der Waals surface area contributed by atoms with Crippen molar-refractivity contribution in [3.05, 3.63) is 11.6 Å². The third-order valence-electron chi connectivity index (χ3n) is 12.4. The van der Waals surface area contributed by atoms with Crippen LogP contribution in [0, 0.1) is 45.8 Å². The van der Waals surface area contributed by atoms with E-state index < -0.39 is 0 Å². The van der Waals surface area contributed by atoms with Gasteiger partial charge in [0.15, 0.2) is 5.90 Å². The fourth-order valence-corrected chi connectivity index (χ4v) is 9.54. The largest absolute Gasteiger partial charge is 0.480 e. The number of carbonyl (C=O) groups is 1. The molecule has 5 heteroatoms. The van der Waals surface area contributed by atoms with Crippen LogP contribution in [0.25, 0.3) is 0 Å².